The minimum absolute atomic E-state index is 0.00403. The van der Waals surface area contributed by atoms with Gasteiger partial charge < -0.3 is 16.0 Å². The molecular weight excluding hydrogens is 202 g/mol. The molecule has 16 heavy (non-hydrogen) atoms. The van der Waals surface area contributed by atoms with Gasteiger partial charge in [-0.25, -0.2) is 4.79 Å². The first kappa shape index (κ1) is 13.3. The average molecular weight is 227 g/mol. The lowest BCUT2D eigenvalue weighted by atomic mass is 9.93. The quantitative estimate of drug-likeness (QED) is 0.746. The molecule has 1 fully saturated rings. The minimum atomic E-state index is 0.00403. The van der Waals surface area contributed by atoms with Crippen molar-refractivity contribution in [2.75, 3.05) is 19.6 Å². The van der Waals surface area contributed by atoms with E-state index in [0.29, 0.717) is 18.5 Å². The maximum Gasteiger partial charge on any atom is 0.317 e. The fraction of sp³-hybridized carbons (Fsp3) is 0.917. The lowest BCUT2D eigenvalue weighted by Crippen LogP contribution is -2.40. The molecule has 0 aliphatic carbocycles. The van der Waals surface area contributed by atoms with Crippen LogP contribution in [0.25, 0.3) is 0 Å². The molecule has 1 saturated heterocycles. The van der Waals surface area contributed by atoms with Crippen molar-refractivity contribution in [3.63, 3.8) is 0 Å². The van der Waals surface area contributed by atoms with E-state index in [-0.39, 0.29) is 11.4 Å². The molecule has 0 spiro atoms. The van der Waals surface area contributed by atoms with Gasteiger partial charge in [0.2, 0.25) is 0 Å². The molecule has 0 saturated carbocycles. The third-order valence-corrected chi connectivity index (χ3v) is 2.98. The zero-order chi connectivity index (χ0) is 12.3. The monoisotopic (exact) mass is 227 g/mol. The molecule has 1 heterocycles. The predicted molar refractivity (Wildman–Crippen MR) is 66.2 cm³/mol. The summed E-state index contributed by atoms with van der Waals surface area (Å²) in [4.78, 5) is 13.6. The number of rotatable bonds is 5. The number of nitrogens with two attached hydrogens (primary N) is 1. The molecular formula is C12H25N3O. The zero-order valence-corrected chi connectivity index (χ0v) is 10.9. The number of carbonyl (C=O) groups is 1. The highest BCUT2D eigenvalue weighted by Gasteiger charge is 2.32. The largest absolute Gasteiger partial charge is 0.333 e. The Morgan fingerprint density at radius 3 is 2.69 bits per heavy atom. The van der Waals surface area contributed by atoms with E-state index in [9.17, 15) is 4.79 Å². The molecule has 0 radical (unpaired) electrons. The van der Waals surface area contributed by atoms with Crippen molar-refractivity contribution in [3.8, 4) is 0 Å². The molecule has 1 rings (SSSR count). The Balaban J connectivity index is 2.48. The molecule has 1 aliphatic rings. The fourth-order valence-electron chi connectivity index (χ4n) is 2.08. The van der Waals surface area contributed by atoms with Crippen LogP contribution in [0.2, 0.25) is 0 Å². The van der Waals surface area contributed by atoms with Crippen molar-refractivity contribution in [2.24, 2.45) is 17.1 Å². The van der Waals surface area contributed by atoms with Crippen molar-refractivity contribution >= 4 is 6.03 Å². The first-order chi connectivity index (χ1) is 7.34. The topological polar surface area (TPSA) is 58.4 Å². The van der Waals surface area contributed by atoms with Crippen LogP contribution in [0.3, 0.4) is 0 Å². The summed E-state index contributed by atoms with van der Waals surface area (Å²) in [5, 5.41) is 3.03. The summed E-state index contributed by atoms with van der Waals surface area (Å²) in [5.74, 6) is 0.618. The molecule has 3 N–H and O–H groups in total. The van der Waals surface area contributed by atoms with Crippen LogP contribution in [0.1, 0.15) is 34.1 Å². The van der Waals surface area contributed by atoms with Crippen LogP contribution in [-0.2, 0) is 0 Å². The van der Waals surface area contributed by atoms with Crippen LogP contribution in [0.15, 0.2) is 0 Å². The lowest BCUT2D eigenvalue weighted by molar-refractivity contribution is 0.190. The number of carbonyl (C=O) groups excluding carboxylic acids is 1. The SMILES string of the molecule is CC(C)CC1CN(CC(C)(C)CN)C(=O)N1. The number of nitrogens with one attached hydrogen (secondary N) is 1. The third kappa shape index (κ3) is 3.67. The molecule has 2 amide bonds. The summed E-state index contributed by atoms with van der Waals surface area (Å²) in [6.45, 7) is 10.7. The second-order valence-corrected chi connectivity index (χ2v) is 6.02. The van der Waals surface area contributed by atoms with Crippen molar-refractivity contribution in [1.29, 1.82) is 0 Å². The Morgan fingerprint density at radius 2 is 2.19 bits per heavy atom. The van der Waals surface area contributed by atoms with E-state index in [2.05, 4.69) is 33.0 Å². The second-order valence-electron chi connectivity index (χ2n) is 6.02. The Hall–Kier alpha value is -0.770. The first-order valence-corrected chi connectivity index (χ1v) is 6.09. The molecule has 4 nitrogen and oxygen atoms in total. The maximum atomic E-state index is 11.7. The number of amides is 2. The fourth-order valence-corrected chi connectivity index (χ4v) is 2.08. The summed E-state index contributed by atoms with van der Waals surface area (Å²) in [6.07, 6.45) is 1.05. The smallest absolute Gasteiger partial charge is 0.317 e. The van der Waals surface area contributed by atoms with Gasteiger partial charge in [-0.2, -0.15) is 0 Å². The van der Waals surface area contributed by atoms with Crippen molar-refractivity contribution < 1.29 is 4.79 Å². The van der Waals surface area contributed by atoms with Gasteiger partial charge in [-0.15, -0.1) is 0 Å². The summed E-state index contributed by atoms with van der Waals surface area (Å²) in [5.41, 5.74) is 5.69. The van der Waals surface area contributed by atoms with Gasteiger partial charge in [-0.1, -0.05) is 27.7 Å². The van der Waals surface area contributed by atoms with Crippen molar-refractivity contribution in [1.82, 2.24) is 10.2 Å². The molecule has 94 valence electrons. The Morgan fingerprint density at radius 1 is 1.56 bits per heavy atom. The number of hydrogen-bond acceptors (Lipinski definition) is 2. The van der Waals surface area contributed by atoms with Crippen molar-refractivity contribution in [3.05, 3.63) is 0 Å². The van der Waals surface area contributed by atoms with Gasteiger partial charge in [-0.3, -0.25) is 0 Å². The van der Waals surface area contributed by atoms with Crippen LogP contribution >= 0.6 is 0 Å². The van der Waals surface area contributed by atoms with Crippen LogP contribution < -0.4 is 11.1 Å². The van der Waals surface area contributed by atoms with Gasteiger partial charge in [-0.05, 0) is 24.3 Å². The van der Waals surface area contributed by atoms with E-state index in [1.807, 2.05) is 4.90 Å². The molecule has 4 heteroatoms. The van der Waals surface area contributed by atoms with E-state index in [4.69, 9.17) is 5.73 Å². The van der Waals surface area contributed by atoms with E-state index in [1.165, 1.54) is 0 Å². The van der Waals surface area contributed by atoms with Gasteiger partial charge in [0.05, 0.1) is 0 Å². The normalized spacial score (nSPS) is 21.8. The number of hydrogen-bond donors (Lipinski definition) is 2. The molecule has 0 aromatic carbocycles. The molecule has 1 unspecified atom stereocenters. The average Bonchev–Trinajstić information content (AvgIpc) is 2.45. The van der Waals surface area contributed by atoms with Crippen LogP contribution in [-0.4, -0.2) is 36.6 Å². The van der Waals surface area contributed by atoms with E-state index < -0.39 is 0 Å². The van der Waals surface area contributed by atoms with E-state index in [0.717, 1.165) is 19.5 Å². The molecule has 0 aromatic heterocycles. The van der Waals surface area contributed by atoms with Crippen molar-refractivity contribution in [2.45, 2.75) is 40.2 Å². The van der Waals surface area contributed by atoms with Gasteiger partial charge in [0.25, 0.3) is 0 Å². The highest BCUT2D eigenvalue weighted by Crippen LogP contribution is 2.19. The van der Waals surface area contributed by atoms with E-state index in [1.54, 1.807) is 0 Å². The van der Waals surface area contributed by atoms with E-state index >= 15 is 0 Å². The van der Waals surface area contributed by atoms with Gasteiger partial charge in [0.15, 0.2) is 0 Å². The standard InChI is InChI=1S/C12H25N3O/c1-9(2)5-10-6-15(11(16)14-10)8-12(3,4)7-13/h9-10H,5-8,13H2,1-4H3,(H,14,16). The first-order valence-electron chi connectivity index (χ1n) is 6.09. The van der Waals surface area contributed by atoms with Crippen LogP contribution in [0.4, 0.5) is 4.79 Å². The Bertz CT molecular complexity index is 251. The third-order valence-electron chi connectivity index (χ3n) is 2.98. The minimum Gasteiger partial charge on any atom is -0.333 e. The van der Waals surface area contributed by atoms with Crippen LogP contribution in [0.5, 0.6) is 0 Å². The van der Waals surface area contributed by atoms with Gasteiger partial charge in [0, 0.05) is 19.1 Å². The Kier molecular flexibility index (Phi) is 4.19. The van der Waals surface area contributed by atoms with Gasteiger partial charge >= 0.3 is 6.03 Å². The number of nitrogens with zero attached hydrogens (tertiary/aromatic N) is 1. The predicted octanol–water partition coefficient (Wildman–Crippen LogP) is 1.41. The summed E-state index contributed by atoms with van der Waals surface area (Å²) >= 11 is 0. The number of urea groups is 1. The summed E-state index contributed by atoms with van der Waals surface area (Å²) < 4.78 is 0. The summed E-state index contributed by atoms with van der Waals surface area (Å²) in [6, 6.07) is 0.369. The molecule has 1 aliphatic heterocycles. The maximum absolute atomic E-state index is 11.7. The van der Waals surface area contributed by atoms with Gasteiger partial charge in [0.1, 0.15) is 0 Å². The highest BCUT2D eigenvalue weighted by atomic mass is 16.2. The summed E-state index contributed by atoms with van der Waals surface area (Å²) in [7, 11) is 0. The zero-order valence-electron chi connectivity index (χ0n) is 10.9. The molecule has 0 aromatic rings. The second kappa shape index (κ2) is 5.04. The molecule has 0 bridgehead atoms. The van der Waals surface area contributed by atoms with Crippen LogP contribution in [0, 0.1) is 11.3 Å². The highest BCUT2D eigenvalue weighted by molar-refractivity contribution is 5.76. The lowest BCUT2D eigenvalue weighted by Gasteiger charge is -2.28. The Labute approximate surface area is 98.6 Å². The molecule has 1 atom stereocenters.